The van der Waals surface area contributed by atoms with E-state index in [1.165, 1.54) is 6.07 Å². The van der Waals surface area contributed by atoms with E-state index in [9.17, 15) is 9.59 Å². The first-order valence-electron chi connectivity index (χ1n) is 5.61. The number of fused-ring (bicyclic) bond motifs is 1. The molecule has 18 heavy (non-hydrogen) atoms. The topological polar surface area (TPSA) is 77.0 Å². The van der Waals surface area contributed by atoms with Crippen molar-refractivity contribution in [3.8, 4) is 6.07 Å². The summed E-state index contributed by atoms with van der Waals surface area (Å²) < 4.78 is 0. The molecule has 1 aromatic rings. The molecule has 92 valence electrons. The lowest BCUT2D eigenvalue weighted by Gasteiger charge is -2.18. The molecule has 0 unspecified atom stereocenters. The first-order valence-corrected chi connectivity index (χ1v) is 5.61. The Bertz CT molecular complexity index is 633. The minimum atomic E-state index is -0.427. The van der Waals surface area contributed by atoms with Gasteiger partial charge < -0.3 is 9.88 Å². The number of ketones is 1. The molecule has 0 spiro atoms. The van der Waals surface area contributed by atoms with Gasteiger partial charge in [-0.2, -0.15) is 5.26 Å². The van der Waals surface area contributed by atoms with Crippen LogP contribution in [-0.4, -0.2) is 29.8 Å². The van der Waals surface area contributed by atoms with Crippen LogP contribution < -0.4 is 5.56 Å². The van der Waals surface area contributed by atoms with Crippen molar-refractivity contribution < 1.29 is 4.79 Å². The number of hydrogen-bond acceptors (Lipinski definition) is 4. The molecular weight excluding hydrogens is 230 g/mol. The molecule has 1 aliphatic rings. The summed E-state index contributed by atoms with van der Waals surface area (Å²) in [6.45, 7) is 0. The van der Waals surface area contributed by atoms with Crippen LogP contribution in [0.5, 0.6) is 0 Å². The predicted molar refractivity (Wildman–Crippen MR) is 66.2 cm³/mol. The number of pyridine rings is 1. The average Bonchev–Trinajstić information content (AvgIpc) is 2.32. The van der Waals surface area contributed by atoms with E-state index in [-0.39, 0.29) is 11.3 Å². The summed E-state index contributed by atoms with van der Waals surface area (Å²) in [4.78, 5) is 28.1. The lowest BCUT2D eigenvalue weighted by Crippen LogP contribution is -2.23. The third-order valence-electron chi connectivity index (χ3n) is 2.84. The molecule has 5 heteroatoms. The third-order valence-corrected chi connectivity index (χ3v) is 2.84. The SMILES string of the molecule is CN(C)/C=C1\CCc2[nH]c(=O)c(C#N)cc2C1=O. The summed E-state index contributed by atoms with van der Waals surface area (Å²) in [5, 5.41) is 8.81. The Morgan fingerprint density at radius 3 is 2.72 bits per heavy atom. The zero-order valence-electron chi connectivity index (χ0n) is 10.3. The highest BCUT2D eigenvalue weighted by Gasteiger charge is 2.24. The number of nitrogens with one attached hydrogen (secondary N) is 1. The second-order valence-corrected chi connectivity index (χ2v) is 4.46. The van der Waals surface area contributed by atoms with Crippen LogP contribution >= 0.6 is 0 Å². The Morgan fingerprint density at radius 1 is 1.39 bits per heavy atom. The van der Waals surface area contributed by atoms with Crippen LogP contribution in [0.1, 0.15) is 28.0 Å². The number of hydrogen-bond donors (Lipinski definition) is 1. The highest BCUT2D eigenvalue weighted by atomic mass is 16.1. The van der Waals surface area contributed by atoms with Crippen LogP contribution in [0.2, 0.25) is 0 Å². The Labute approximate surface area is 104 Å². The molecule has 0 aliphatic heterocycles. The smallest absolute Gasteiger partial charge is 0.266 e. The first-order chi connectivity index (χ1) is 8.52. The third kappa shape index (κ3) is 2.05. The summed E-state index contributed by atoms with van der Waals surface area (Å²) in [7, 11) is 3.70. The molecule has 0 amide bonds. The quantitative estimate of drug-likeness (QED) is 0.741. The Morgan fingerprint density at radius 2 is 2.11 bits per heavy atom. The van der Waals surface area contributed by atoms with E-state index in [1.54, 1.807) is 12.3 Å². The van der Waals surface area contributed by atoms with Crippen molar-refractivity contribution in [2.45, 2.75) is 12.8 Å². The van der Waals surface area contributed by atoms with Crippen molar-refractivity contribution in [3.05, 3.63) is 45.0 Å². The number of nitrogens with zero attached hydrogens (tertiary/aromatic N) is 2. The number of allylic oxidation sites excluding steroid dienone is 1. The predicted octanol–water partition coefficient (Wildman–Crippen LogP) is 0.821. The van der Waals surface area contributed by atoms with E-state index in [0.717, 1.165) is 0 Å². The van der Waals surface area contributed by atoms with Crippen molar-refractivity contribution in [2.75, 3.05) is 14.1 Å². The number of H-pyrrole nitrogens is 1. The van der Waals surface area contributed by atoms with Gasteiger partial charge in [0.15, 0.2) is 5.78 Å². The van der Waals surface area contributed by atoms with Gasteiger partial charge in [-0.05, 0) is 18.9 Å². The van der Waals surface area contributed by atoms with E-state index in [0.29, 0.717) is 29.7 Å². The molecule has 2 rings (SSSR count). The number of aromatic nitrogens is 1. The molecule has 0 saturated carbocycles. The summed E-state index contributed by atoms with van der Waals surface area (Å²) in [5.74, 6) is -0.113. The number of carbonyl (C=O) groups excluding carboxylic acids is 1. The van der Waals surface area contributed by atoms with Crippen LogP contribution in [0.15, 0.2) is 22.6 Å². The summed E-state index contributed by atoms with van der Waals surface area (Å²) in [6.07, 6.45) is 3.00. The van der Waals surface area contributed by atoms with Crippen molar-refractivity contribution >= 4 is 5.78 Å². The monoisotopic (exact) mass is 243 g/mol. The fraction of sp³-hybridized carbons (Fsp3) is 0.308. The van der Waals surface area contributed by atoms with E-state index in [2.05, 4.69) is 4.98 Å². The summed E-state index contributed by atoms with van der Waals surface area (Å²) in [6, 6.07) is 3.18. The molecule has 5 nitrogen and oxygen atoms in total. The lowest BCUT2D eigenvalue weighted by atomic mass is 9.90. The van der Waals surface area contributed by atoms with Crippen LogP contribution in [0.25, 0.3) is 0 Å². The fourth-order valence-electron chi connectivity index (χ4n) is 2.03. The first kappa shape index (κ1) is 12.1. The maximum atomic E-state index is 12.2. The van der Waals surface area contributed by atoms with Crippen LogP contribution in [0, 0.1) is 11.3 Å². The molecule has 1 aromatic heterocycles. The van der Waals surface area contributed by atoms with Crippen LogP contribution in [-0.2, 0) is 6.42 Å². The van der Waals surface area contributed by atoms with Gasteiger partial charge in [0.1, 0.15) is 11.6 Å². The minimum Gasteiger partial charge on any atom is -0.383 e. The van der Waals surface area contributed by atoms with Gasteiger partial charge in [0.2, 0.25) is 0 Å². The Balaban J connectivity index is 2.54. The second kappa shape index (κ2) is 4.49. The zero-order valence-corrected chi connectivity index (χ0v) is 10.3. The van der Waals surface area contributed by atoms with Gasteiger partial charge >= 0.3 is 0 Å². The van der Waals surface area contributed by atoms with E-state index < -0.39 is 5.56 Å². The molecule has 1 aliphatic carbocycles. The summed E-state index contributed by atoms with van der Waals surface area (Å²) >= 11 is 0. The lowest BCUT2D eigenvalue weighted by molar-refractivity contribution is 0.102. The van der Waals surface area contributed by atoms with Crippen LogP contribution in [0.4, 0.5) is 0 Å². The fourth-order valence-corrected chi connectivity index (χ4v) is 2.03. The highest BCUT2D eigenvalue weighted by molar-refractivity contribution is 6.10. The van der Waals surface area contributed by atoms with Crippen LogP contribution in [0.3, 0.4) is 0 Å². The van der Waals surface area contributed by atoms with E-state index in [4.69, 9.17) is 5.26 Å². The molecule has 0 aromatic carbocycles. The standard InChI is InChI=1S/C13H13N3O2/c1-16(2)7-8-3-4-11-10(12(8)17)5-9(6-14)13(18)15-11/h5,7H,3-4H2,1-2H3,(H,15,18)/b8-7+. The molecule has 0 saturated heterocycles. The second-order valence-electron chi connectivity index (χ2n) is 4.46. The van der Waals surface area contributed by atoms with Crippen molar-refractivity contribution in [3.63, 3.8) is 0 Å². The number of carbonyl (C=O) groups is 1. The van der Waals surface area contributed by atoms with Gasteiger partial charge in [-0.3, -0.25) is 9.59 Å². The van der Waals surface area contributed by atoms with Crippen molar-refractivity contribution in [1.29, 1.82) is 5.26 Å². The highest BCUT2D eigenvalue weighted by Crippen LogP contribution is 2.23. The molecular formula is C13H13N3O2. The molecule has 0 bridgehead atoms. The van der Waals surface area contributed by atoms with Gasteiger partial charge in [-0.15, -0.1) is 0 Å². The average molecular weight is 243 g/mol. The van der Waals surface area contributed by atoms with Crippen molar-refractivity contribution in [2.24, 2.45) is 0 Å². The summed E-state index contributed by atoms with van der Waals surface area (Å²) in [5.41, 5.74) is 1.31. The molecule has 1 N–H and O–H groups in total. The van der Waals surface area contributed by atoms with Gasteiger partial charge in [-0.1, -0.05) is 0 Å². The van der Waals surface area contributed by atoms with Crippen molar-refractivity contribution in [1.82, 2.24) is 9.88 Å². The molecule has 0 atom stereocenters. The number of Topliss-reactive ketones (excluding diaryl/α,β-unsaturated/α-hetero) is 1. The molecule has 1 heterocycles. The van der Waals surface area contributed by atoms with Gasteiger partial charge in [0.05, 0.1) is 0 Å². The zero-order chi connectivity index (χ0) is 13.3. The number of aromatic amines is 1. The normalized spacial score (nSPS) is 16.3. The largest absolute Gasteiger partial charge is 0.383 e. The van der Waals surface area contributed by atoms with E-state index >= 15 is 0 Å². The number of nitriles is 1. The number of rotatable bonds is 1. The maximum Gasteiger partial charge on any atom is 0.266 e. The minimum absolute atomic E-state index is 0.0202. The molecule has 0 radical (unpaired) electrons. The van der Waals surface area contributed by atoms with Gasteiger partial charge in [0, 0.05) is 37.1 Å². The van der Waals surface area contributed by atoms with E-state index in [1.807, 2.05) is 19.0 Å². The maximum absolute atomic E-state index is 12.2. The van der Waals surface area contributed by atoms with Gasteiger partial charge in [-0.25, -0.2) is 0 Å². The Hall–Kier alpha value is -2.35. The molecule has 0 fully saturated rings. The Kier molecular flexibility index (Phi) is 3.02. The number of aryl methyl sites for hydroxylation is 1. The van der Waals surface area contributed by atoms with Gasteiger partial charge in [0.25, 0.3) is 5.56 Å².